The summed E-state index contributed by atoms with van der Waals surface area (Å²) < 4.78 is 2.75. The molecule has 6 heteroatoms. The molecule has 1 amide bonds. The van der Waals surface area contributed by atoms with Crippen LogP contribution < -0.4 is 4.90 Å². The summed E-state index contributed by atoms with van der Waals surface area (Å²) in [5.74, 6) is 1.01. The molecule has 2 fully saturated rings. The Bertz CT molecular complexity index is 819. The summed E-state index contributed by atoms with van der Waals surface area (Å²) in [6.07, 6.45) is 5.61. The number of anilines is 1. The van der Waals surface area contributed by atoms with E-state index in [2.05, 4.69) is 27.0 Å². The van der Waals surface area contributed by atoms with Crippen molar-refractivity contribution in [2.45, 2.75) is 19.8 Å². The number of carbonyl (C=O) groups is 1. The molecule has 2 aromatic heterocycles. The molecule has 0 bridgehead atoms. The third-order valence-corrected chi connectivity index (χ3v) is 5.37. The van der Waals surface area contributed by atoms with Crippen molar-refractivity contribution in [3.8, 4) is 6.07 Å². The fourth-order valence-corrected chi connectivity index (χ4v) is 3.97. The lowest BCUT2D eigenvalue weighted by Gasteiger charge is -2.22. The van der Waals surface area contributed by atoms with Crippen LogP contribution in [0.2, 0.25) is 0 Å². The largest absolute Gasteiger partial charge is 0.296 e. The van der Waals surface area contributed by atoms with Crippen molar-refractivity contribution in [2.24, 2.45) is 17.3 Å². The van der Waals surface area contributed by atoms with E-state index in [9.17, 15) is 10.1 Å². The normalized spacial score (nSPS) is 28.3. The van der Waals surface area contributed by atoms with Crippen LogP contribution in [-0.2, 0) is 4.79 Å². The summed E-state index contributed by atoms with van der Waals surface area (Å²) in [5.41, 5.74) is -0.0524. The first-order valence-corrected chi connectivity index (χ1v) is 8.23. The first-order chi connectivity index (χ1) is 10.6. The molecule has 0 N–H and O–H groups in total. The number of rotatable bonds is 2. The Morgan fingerprint density at radius 2 is 2.23 bits per heavy atom. The number of aromatic nitrogens is 2. The predicted molar refractivity (Wildman–Crippen MR) is 85.2 cm³/mol. The van der Waals surface area contributed by atoms with Crippen LogP contribution in [0.5, 0.6) is 0 Å². The number of nitriles is 1. The van der Waals surface area contributed by atoms with Gasteiger partial charge in [-0.25, -0.2) is 4.98 Å². The van der Waals surface area contributed by atoms with Crippen LogP contribution >= 0.6 is 15.9 Å². The monoisotopic (exact) mass is 358 g/mol. The number of fused-ring (bicyclic) bond motifs is 1. The van der Waals surface area contributed by atoms with E-state index < -0.39 is 5.41 Å². The molecule has 1 saturated heterocycles. The molecule has 22 heavy (non-hydrogen) atoms. The Balaban J connectivity index is 1.82. The number of hydrogen-bond acceptors (Lipinski definition) is 3. The first-order valence-electron chi connectivity index (χ1n) is 7.43. The molecule has 2 aliphatic rings. The van der Waals surface area contributed by atoms with Crippen LogP contribution in [0.15, 0.2) is 29.0 Å². The minimum Gasteiger partial charge on any atom is -0.296 e. The zero-order chi connectivity index (χ0) is 15.5. The van der Waals surface area contributed by atoms with Gasteiger partial charge in [0, 0.05) is 24.9 Å². The van der Waals surface area contributed by atoms with Crippen molar-refractivity contribution in [1.82, 2.24) is 9.38 Å². The van der Waals surface area contributed by atoms with Gasteiger partial charge in [0.1, 0.15) is 16.9 Å². The van der Waals surface area contributed by atoms with Gasteiger partial charge in [0.25, 0.3) is 0 Å². The topological polar surface area (TPSA) is 61.4 Å². The standard InChI is InChI=1S/C16H15BrN4O/c1-10-7-21(15(22)16(10,9-18)11-2-3-11)14-5-4-13-19-6-12(17)8-20(13)14/h4-6,8,10-11H,2-3,7H2,1H3/t10-,16+/m1/s1. The lowest BCUT2D eigenvalue weighted by Crippen LogP contribution is -2.37. The summed E-state index contributed by atoms with van der Waals surface area (Å²) >= 11 is 3.42. The van der Waals surface area contributed by atoms with Gasteiger partial charge in [0.2, 0.25) is 5.91 Å². The molecule has 0 aromatic carbocycles. The number of halogens is 1. The second-order valence-corrected chi connectivity index (χ2v) is 7.18. The van der Waals surface area contributed by atoms with Crippen LogP contribution in [0, 0.1) is 28.6 Å². The molecule has 1 saturated carbocycles. The van der Waals surface area contributed by atoms with Gasteiger partial charge in [0.05, 0.1) is 10.5 Å². The SMILES string of the molecule is C[C@@H]1CN(c2ccc3ncc(Br)cn23)C(=O)[C@]1(C#N)C1CC1. The smallest absolute Gasteiger partial charge is 0.249 e. The Labute approximate surface area is 136 Å². The Morgan fingerprint density at radius 3 is 2.91 bits per heavy atom. The highest BCUT2D eigenvalue weighted by Crippen LogP contribution is 2.54. The van der Waals surface area contributed by atoms with Crippen LogP contribution in [0.1, 0.15) is 19.8 Å². The minimum absolute atomic E-state index is 0.0446. The highest BCUT2D eigenvalue weighted by molar-refractivity contribution is 9.10. The maximum Gasteiger partial charge on any atom is 0.249 e. The Hall–Kier alpha value is -1.87. The summed E-state index contributed by atoms with van der Waals surface area (Å²) in [6, 6.07) is 6.16. The fourth-order valence-electron chi connectivity index (χ4n) is 3.67. The van der Waals surface area contributed by atoms with E-state index in [0.29, 0.717) is 6.54 Å². The van der Waals surface area contributed by atoms with Crippen LogP contribution in [0.4, 0.5) is 5.82 Å². The molecular weight excluding hydrogens is 344 g/mol. The molecule has 5 nitrogen and oxygen atoms in total. The van der Waals surface area contributed by atoms with Crippen molar-refractivity contribution >= 4 is 33.3 Å². The lowest BCUT2D eigenvalue weighted by atomic mass is 9.75. The predicted octanol–water partition coefficient (Wildman–Crippen LogP) is 3.00. The minimum atomic E-state index is -0.844. The van der Waals surface area contributed by atoms with Crippen LogP contribution in [0.3, 0.4) is 0 Å². The average molecular weight is 359 g/mol. The summed E-state index contributed by atoms with van der Waals surface area (Å²) in [5, 5.41) is 9.72. The summed E-state index contributed by atoms with van der Waals surface area (Å²) in [4.78, 5) is 19.1. The molecule has 4 rings (SSSR count). The number of amides is 1. The van der Waals surface area contributed by atoms with Crippen LogP contribution in [-0.4, -0.2) is 21.8 Å². The molecule has 1 aliphatic heterocycles. The zero-order valence-electron chi connectivity index (χ0n) is 12.2. The molecule has 0 radical (unpaired) electrons. The fraction of sp³-hybridized carbons (Fsp3) is 0.438. The van der Waals surface area contributed by atoms with E-state index in [1.807, 2.05) is 29.7 Å². The van der Waals surface area contributed by atoms with Crippen molar-refractivity contribution in [1.29, 1.82) is 5.26 Å². The quantitative estimate of drug-likeness (QED) is 0.828. The van der Waals surface area contributed by atoms with E-state index in [0.717, 1.165) is 28.8 Å². The highest BCUT2D eigenvalue weighted by atomic mass is 79.9. The van der Waals surface area contributed by atoms with Gasteiger partial charge >= 0.3 is 0 Å². The third-order valence-electron chi connectivity index (χ3n) is 4.96. The van der Waals surface area contributed by atoms with Crippen LogP contribution in [0.25, 0.3) is 5.65 Å². The highest BCUT2D eigenvalue weighted by Gasteiger charge is 2.61. The number of hydrogen-bond donors (Lipinski definition) is 0. The van der Waals surface area contributed by atoms with Gasteiger partial charge in [-0.05, 0) is 46.8 Å². The molecule has 0 unspecified atom stereocenters. The second-order valence-electron chi connectivity index (χ2n) is 6.26. The molecule has 112 valence electrons. The van der Waals surface area contributed by atoms with Crippen molar-refractivity contribution in [3.63, 3.8) is 0 Å². The number of nitrogens with zero attached hydrogens (tertiary/aromatic N) is 4. The van der Waals surface area contributed by atoms with E-state index in [-0.39, 0.29) is 17.7 Å². The van der Waals surface area contributed by atoms with E-state index >= 15 is 0 Å². The summed E-state index contributed by atoms with van der Waals surface area (Å²) in [6.45, 7) is 2.60. The van der Waals surface area contributed by atoms with E-state index in [1.165, 1.54) is 0 Å². The van der Waals surface area contributed by atoms with Crippen molar-refractivity contribution in [3.05, 3.63) is 29.0 Å². The van der Waals surface area contributed by atoms with Crippen molar-refractivity contribution in [2.75, 3.05) is 11.4 Å². The Kier molecular flexibility index (Phi) is 2.85. The van der Waals surface area contributed by atoms with Crippen molar-refractivity contribution < 1.29 is 4.79 Å². The van der Waals surface area contributed by atoms with Gasteiger partial charge in [-0.1, -0.05) is 6.92 Å². The lowest BCUT2D eigenvalue weighted by molar-refractivity contribution is -0.124. The van der Waals surface area contributed by atoms with Gasteiger partial charge in [-0.2, -0.15) is 5.26 Å². The third kappa shape index (κ3) is 1.69. The molecule has 0 spiro atoms. The molecular formula is C16H15BrN4O. The molecule has 2 atom stereocenters. The van der Waals surface area contributed by atoms with E-state index in [1.54, 1.807) is 11.1 Å². The van der Waals surface area contributed by atoms with Gasteiger partial charge < -0.3 is 0 Å². The molecule has 1 aliphatic carbocycles. The Morgan fingerprint density at radius 1 is 1.45 bits per heavy atom. The van der Waals surface area contributed by atoms with Gasteiger partial charge in [0.15, 0.2) is 0 Å². The van der Waals surface area contributed by atoms with Gasteiger partial charge in [-0.3, -0.25) is 14.1 Å². The zero-order valence-corrected chi connectivity index (χ0v) is 13.7. The van der Waals surface area contributed by atoms with Gasteiger partial charge in [-0.15, -0.1) is 0 Å². The average Bonchev–Trinajstić information content (AvgIpc) is 3.21. The van der Waals surface area contributed by atoms with E-state index in [4.69, 9.17) is 0 Å². The molecule has 3 heterocycles. The second kappa shape index (κ2) is 4.56. The number of carbonyl (C=O) groups excluding carboxylic acids is 1. The first kappa shape index (κ1) is 13.8. The maximum atomic E-state index is 13.0. The molecule has 2 aromatic rings. The summed E-state index contributed by atoms with van der Waals surface area (Å²) in [7, 11) is 0. The maximum absolute atomic E-state index is 13.0.